The van der Waals surface area contributed by atoms with Crippen LogP contribution < -0.4 is 5.32 Å². The van der Waals surface area contributed by atoms with Crippen molar-refractivity contribution in [2.45, 2.75) is 32.7 Å². The van der Waals surface area contributed by atoms with Crippen molar-refractivity contribution in [3.63, 3.8) is 0 Å². The molecular weight excluding hydrogens is 210 g/mol. The van der Waals surface area contributed by atoms with Gasteiger partial charge in [0.15, 0.2) is 0 Å². The second-order valence-corrected chi connectivity index (χ2v) is 4.49. The first kappa shape index (κ1) is 14.6. The minimum atomic E-state index is -1.09. The molecule has 0 aromatic rings. The van der Waals surface area contributed by atoms with E-state index in [1.165, 1.54) is 0 Å². The van der Waals surface area contributed by atoms with Crippen LogP contribution in [0.1, 0.15) is 27.2 Å². The fraction of sp³-hybridized carbons (Fsp3) is 0.636. The smallest absolute Gasteiger partial charge is 0.334 e. The summed E-state index contributed by atoms with van der Waals surface area (Å²) in [6.07, 6.45) is -0.383. The third-order valence-corrected chi connectivity index (χ3v) is 1.64. The fourth-order valence-corrected chi connectivity index (χ4v) is 0.927. The Hall–Kier alpha value is -1.36. The summed E-state index contributed by atoms with van der Waals surface area (Å²) in [5.74, 6) is -1.74. The van der Waals surface area contributed by atoms with Crippen molar-refractivity contribution in [2.75, 3.05) is 13.2 Å². The molecule has 0 aromatic carbocycles. The van der Waals surface area contributed by atoms with E-state index in [0.717, 1.165) is 0 Å². The highest BCUT2D eigenvalue weighted by Gasteiger charge is 2.13. The van der Waals surface area contributed by atoms with E-state index in [9.17, 15) is 9.59 Å². The number of hydrogen-bond acceptors (Lipinski definition) is 4. The SMILES string of the molecule is C=C(CC(=O)O)C(=O)OCCNC(C)(C)C. The average molecular weight is 229 g/mol. The summed E-state index contributed by atoms with van der Waals surface area (Å²) in [6.45, 7) is 10.1. The van der Waals surface area contributed by atoms with Crippen LogP contribution >= 0.6 is 0 Å². The van der Waals surface area contributed by atoms with Crippen molar-refractivity contribution in [1.29, 1.82) is 0 Å². The predicted octanol–water partition coefficient (Wildman–Crippen LogP) is 0.949. The Labute approximate surface area is 95.5 Å². The monoisotopic (exact) mass is 229 g/mol. The Morgan fingerprint density at radius 3 is 2.38 bits per heavy atom. The minimum Gasteiger partial charge on any atom is -0.481 e. The summed E-state index contributed by atoms with van der Waals surface area (Å²) >= 11 is 0. The Morgan fingerprint density at radius 2 is 1.94 bits per heavy atom. The van der Waals surface area contributed by atoms with Crippen molar-refractivity contribution >= 4 is 11.9 Å². The summed E-state index contributed by atoms with van der Waals surface area (Å²) in [4.78, 5) is 21.5. The summed E-state index contributed by atoms with van der Waals surface area (Å²) < 4.78 is 4.84. The van der Waals surface area contributed by atoms with Crippen LogP contribution in [-0.4, -0.2) is 35.7 Å². The molecule has 0 amide bonds. The summed E-state index contributed by atoms with van der Waals surface area (Å²) in [5, 5.41) is 11.6. The van der Waals surface area contributed by atoms with Crippen LogP contribution in [0, 0.1) is 0 Å². The summed E-state index contributed by atoms with van der Waals surface area (Å²) in [5.41, 5.74) is -0.0759. The van der Waals surface area contributed by atoms with Crippen molar-refractivity contribution in [3.05, 3.63) is 12.2 Å². The summed E-state index contributed by atoms with van der Waals surface area (Å²) in [7, 11) is 0. The molecule has 0 atom stereocenters. The van der Waals surface area contributed by atoms with Crippen LogP contribution in [0.25, 0.3) is 0 Å². The molecule has 16 heavy (non-hydrogen) atoms. The largest absolute Gasteiger partial charge is 0.481 e. The van der Waals surface area contributed by atoms with Crippen LogP contribution in [0.4, 0.5) is 0 Å². The van der Waals surface area contributed by atoms with Crippen molar-refractivity contribution < 1.29 is 19.4 Å². The van der Waals surface area contributed by atoms with Gasteiger partial charge in [-0.3, -0.25) is 4.79 Å². The molecule has 0 aromatic heterocycles. The first-order valence-electron chi connectivity index (χ1n) is 5.04. The number of esters is 1. The molecule has 0 aliphatic carbocycles. The molecule has 2 N–H and O–H groups in total. The lowest BCUT2D eigenvalue weighted by molar-refractivity contribution is -0.142. The van der Waals surface area contributed by atoms with E-state index in [2.05, 4.69) is 11.9 Å². The first-order chi connectivity index (χ1) is 7.22. The number of carbonyl (C=O) groups excluding carboxylic acids is 1. The maximum atomic E-state index is 11.2. The lowest BCUT2D eigenvalue weighted by Gasteiger charge is -2.20. The zero-order valence-corrected chi connectivity index (χ0v) is 10.0. The normalized spacial score (nSPS) is 10.9. The van der Waals surface area contributed by atoms with E-state index in [-0.39, 0.29) is 24.1 Å². The van der Waals surface area contributed by atoms with E-state index in [1.807, 2.05) is 20.8 Å². The number of carboxylic acids is 1. The fourth-order valence-electron chi connectivity index (χ4n) is 0.927. The van der Waals surface area contributed by atoms with Gasteiger partial charge in [0, 0.05) is 17.7 Å². The Bertz CT molecular complexity index is 278. The molecule has 5 nitrogen and oxygen atoms in total. The van der Waals surface area contributed by atoms with Gasteiger partial charge in [-0.2, -0.15) is 0 Å². The van der Waals surface area contributed by atoms with E-state index in [0.29, 0.717) is 6.54 Å². The zero-order chi connectivity index (χ0) is 12.8. The Kier molecular flexibility index (Phi) is 5.74. The van der Waals surface area contributed by atoms with Gasteiger partial charge in [0.2, 0.25) is 0 Å². The van der Waals surface area contributed by atoms with E-state index in [4.69, 9.17) is 9.84 Å². The number of nitrogens with one attached hydrogen (secondary N) is 1. The standard InChI is InChI=1S/C11H19NO4/c1-8(7-9(13)14)10(15)16-6-5-12-11(2,3)4/h12H,1,5-7H2,2-4H3,(H,13,14). The maximum Gasteiger partial charge on any atom is 0.334 e. The van der Waals surface area contributed by atoms with Crippen molar-refractivity contribution in [3.8, 4) is 0 Å². The minimum absolute atomic E-state index is 0.0372. The molecular formula is C11H19NO4. The lowest BCUT2D eigenvalue weighted by Crippen LogP contribution is -2.38. The van der Waals surface area contributed by atoms with Gasteiger partial charge in [-0.25, -0.2) is 4.79 Å². The molecule has 0 rings (SSSR count). The topological polar surface area (TPSA) is 75.6 Å². The number of rotatable bonds is 6. The van der Waals surface area contributed by atoms with Gasteiger partial charge in [0.25, 0.3) is 0 Å². The summed E-state index contributed by atoms with van der Waals surface area (Å²) in [6, 6.07) is 0. The number of ether oxygens (including phenoxy) is 1. The van der Waals surface area contributed by atoms with Crippen molar-refractivity contribution in [1.82, 2.24) is 5.32 Å². The second-order valence-electron chi connectivity index (χ2n) is 4.49. The number of carboxylic acid groups (broad SMARTS) is 1. The first-order valence-corrected chi connectivity index (χ1v) is 5.04. The van der Waals surface area contributed by atoms with Crippen LogP contribution in [0.3, 0.4) is 0 Å². The molecule has 0 saturated carbocycles. The lowest BCUT2D eigenvalue weighted by atomic mass is 10.1. The van der Waals surface area contributed by atoms with Crippen LogP contribution in [-0.2, 0) is 14.3 Å². The van der Waals surface area contributed by atoms with Gasteiger partial charge in [0.1, 0.15) is 6.61 Å². The molecule has 5 heteroatoms. The van der Waals surface area contributed by atoms with E-state index < -0.39 is 11.9 Å². The third-order valence-electron chi connectivity index (χ3n) is 1.64. The maximum absolute atomic E-state index is 11.2. The third kappa shape index (κ3) is 7.99. The van der Waals surface area contributed by atoms with Gasteiger partial charge >= 0.3 is 11.9 Å². The number of aliphatic carboxylic acids is 1. The molecule has 0 aliphatic rings. The molecule has 0 unspecified atom stereocenters. The van der Waals surface area contributed by atoms with Gasteiger partial charge in [0.05, 0.1) is 6.42 Å². The molecule has 0 saturated heterocycles. The Balaban J connectivity index is 3.74. The molecule has 0 bridgehead atoms. The van der Waals surface area contributed by atoms with Crippen molar-refractivity contribution in [2.24, 2.45) is 0 Å². The second kappa shape index (κ2) is 6.27. The molecule has 92 valence electrons. The molecule has 0 radical (unpaired) electrons. The highest BCUT2D eigenvalue weighted by molar-refractivity contribution is 5.92. The molecule has 0 fully saturated rings. The Morgan fingerprint density at radius 1 is 1.38 bits per heavy atom. The quantitative estimate of drug-likeness (QED) is 0.403. The highest BCUT2D eigenvalue weighted by atomic mass is 16.5. The highest BCUT2D eigenvalue weighted by Crippen LogP contribution is 2.01. The van der Waals surface area contributed by atoms with Crippen LogP contribution in [0.5, 0.6) is 0 Å². The van der Waals surface area contributed by atoms with Gasteiger partial charge in [-0.15, -0.1) is 0 Å². The van der Waals surface area contributed by atoms with Gasteiger partial charge in [-0.05, 0) is 20.8 Å². The molecule has 0 spiro atoms. The number of hydrogen-bond donors (Lipinski definition) is 2. The van der Waals surface area contributed by atoms with E-state index in [1.54, 1.807) is 0 Å². The molecule has 0 heterocycles. The van der Waals surface area contributed by atoms with Crippen LogP contribution in [0.2, 0.25) is 0 Å². The van der Waals surface area contributed by atoms with Gasteiger partial charge in [-0.1, -0.05) is 6.58 Å². The average Bonchev–Trinajstić information content (AvgIpc) is 2.09. The van der Waals surface area contributed by atoms with Gasteiger partial charge < -0.3 is 15.2 Å². The predicted molar refractivity (Wildman–Crippen MR) is 60.1 cm³/mol. The zero-order valence-electron chi connectivity index (χ0n) is 10.0. The number of carbonyl (C=O) groups is 2. The molecule has 0 aliphatic heterocycles. The van der Waals surface area contributed by atoms with Crippen LogP contribution in [0.15, 0.2) is 12.2 Å². The van der Waals surface area contributed by atoms with E-state index >= 15 is 0 Å².